The topological polar surface area (TPSA) is 35.5 Å². The first-order valence-electron chi connectivity index (χ1n) is 6.29. The highest BCUT2D eigenvalue weighted by atomic mass is 31.2. The largest absolute Gasteiger partial charge is 0.361 e. The van der Waals surface area contributed by atoms with Crippen molar-refractivity contribution in [2.45, 2.75) is 53.8 Å². The van der Waals surface area contributed by atoms with Gasteiger partial charge in [0.05, 0.1) is 17.5 Å². The number of benzene rings is 1. The van der Waals surface area contributed by atoms with Crippen LogP contribution in [0.4, 0.5) is 0 Å². The van der Waals surface area contributed by atoms with Crippen molar-refractivity contribution in [3.63, 3.8) is 0 Å². The van der Waals surface area contributed by atoms with Gasteiger partial charge in [-0.15, -0.1) is 0 Å². The molecule has 0 aliphatic heterocycles. The lowest BCUT2D eigenvalue weighted by Crippen LogP contribution is -2.17. The molecule has 0 amide bonds. The summed E-state index contributed by atoms with van der Waals surface area (Å²) in [7, 11) is -3.23. The van der Waals surface area contributed by atoms with Crippen molar-refractivity contribution in [1.29, 1.82) is 0 Å². The van der Waals surface area contributed by atoms with Gasteiger partial charge in [-0.25, -0.2) is 0 Å². The molecule has 0 aliphatic carbocycles. The minimum Gasteiger partial charge on any atom is -0.302 e. The summed E-state index contributed by atoms with van der Waals surface area (Å²) in [5.74, 6) is 0. The zero-order chi connectivity index (χ0) is 13.9. The molecule has 18 heavy (non-hydrogen) atoms. The first kappa shape index (κ1) is 15.4. The molecule has 0 unspecified atom stereocenters. The molecular formula is C14H23O3P. The zero-order valence-electron chi connectivity index (χ0n) is 12.1. The summed E-state index contributed by atoms with van der Waals surface area (Å²) >= 11 is 0. The second-order valence-corrected chi connectivity index (χ2v) is 7.01. The van der Waals surface area contributed by atoms with Gasteiger partial charge in [-0.3, -0.25) is 4.57 Å². The molecule has 0 spiro atoms. The Labute approximate surface area is 110 Å². The van der Waals surface area contributed by atoms with Gasteiger partial charge in [0.15, 0.2) is 0 Å². The molecule has 0 saturated carbocycles. The molecule has 0 aliphatic rings. The summed E-state index contributed by atoms with van der Waals surface area (Å²) in [4.78, 5) is 0. The third kappa shape index (κ3) is 3.94. The molecule has 1 rings (SSSR count). The van der Waals surface area contributed by atoms with Gasteiger partial charge >= 0.3 is 7.60 Å². The predicted molar refractivity (Wildman–Crippen MR) is 75.6 cm³/mol. The molecule has 1 aromatic rings. The van der Waals surface area contributed by atoms with Gasteiger partial charge in [0.1, 0.15) is 0 Å². The molecule has 0 aromatic heterocycles. The number of hydrogen-bond donors (Lipinski definition) is 0. The average Bonchev–Trinajstić information content (AvgIpc) is 2.19. The van der Waals surface area contributed by atoms with Crippen molar-refractivity contribution in [1.82, 2.24) is 0 Å². The maximum Gasteiger partial charge on any atom is 0.361 e. The Bertz CT molecular complexity index is 438. The smallest absolute Gasteiger partial charge is 0.302 e. The fraction of sp³-hybridized carbons (Fsp3) is 0.571. The van der Waals surface area contributed by atoms with E-state index in [4.69, 9.17) is 9.05 Å². The van der Waals surface area contributed by atoms with Crippen molar-refractivity contribution >= 4 is 12.9 Å². The number of aryl methyl sites for hydroxylation is 2. The molecule has 4 heteroatoms. The van der Waals surface area contributed by atoms with Gasteiger partial charge in [0.2, 0.25) is 0 Å². The molecule has 0 bridgehead atoms. The molecule has 0 radical (unpaired) electrons. The SMILES string of the molecule is Cc1ccc(P(=O)(OC(C)C)OC(C)C)cc1C. The lowest BCUT2D eigenvalue weighted by atomic mass is 10.1. The van der Waals surface area contributed by atoms with E-state index in [1.165, 1.54) is 5.56 Å². The van der Waals surface area contributed by atoms with E-state index in [2.05, 4.69) is 0 Å². The highest BCUT2D eigenvalue weighted by Crippen LogP contribution is 2.49. The van der Waals surface area contributed by atoms with Crippen LogP contribution in [0.2, 0.25) is 0 Å². The molecule has 0 atom stereocenters. The first-order valence-corrected chi connectivity index (χ1v) is 7.83. The Kier molecular flexibility index (Phi) is 5.15. The van der Waals surface area contributed by atoms with Gasteiger partial charge in [-0.2, -0.15) is 0 Å². The highest BCUT2D eigenvalue weighted by Gasteiger charge is 2.30. The Morgan fingerprint density at radius 1 is 0.944 bits per heavy atom. The van der Waals surface area contributed by atoms with E-state index in [0.717, 1.165) is 5.56 Å². The van der Waals surface area contributed by atoms with Gasteiger partial charge < -0.3 is 9.05 Å². The lowest BCUT2D eigenvalue weighted by molar-refractivity contribution is 0.150. The highest BCUT2D eigenvalue weighted by molar-refractivity contribution is 7.62. The predicted octanol–water partition coefficient (Wildman–Crippen LogP) is 3.97. The third-order valence-corrected chi connectivity index (χ3v) is 4.81. The molecule has 1 aromatic carbocycles. The molecular weight excluding hydrogens is 247 g/mol. The van der Waals surface area contributed by atoms with Gasteiger partial charge in [0.25, 0.3) is 0 Å². The average molecular weight is 270 g/mol. The van der Waals surface area contributed by atoms with E-state index < -0.39 is 7.60 Å². The fourth-order valence-electron chi connectivity index (χ4n) is 1.60. The van der Waals surface area contributed by atoms with Crippen molar-refractivity contribution in [3.05, 3.63) is 29.3 Å². The molecule has 0 saturated heterocycles. The zero-order valence-corrected chi connectivity index (χ0v) is 13.0. The Morgan fingerprint density at radius 3 is 1.83 bits per heavy atom. The minimum absolute atomic E-state index is 0.142. The van der Waals surface area contributed by atoms with Crippen LogP contribution >= 0.6 is 7.60 Å². The Balaban J connectivity index is 3.16. The van der Waals surface area contributed by atoms with Gasteiger partial charge in [-0.1, -0.05) is 6.07 Å². The first-order chi connectivity index (χ1) is 8.24. The van der Waals surface area contributed by atoms with E-state index >= 15 is 0 Å². The van der Waals surface area contributed by atoms with Gasteiger partial charge in [0, 0.05) is 0 Å². The van der Waals surface area contributed by atoms with Gasteiger partial charge in [-0.05, 0) is 64.8 Å². The third-order valence-electron chi connectivity index (χ3n) is 2.51. The maximum atomic E-state index is 12.9. The minimum atomic E-state index is -3.23. The Hall–Kier alpha value is -0.630. The van der Waals surface area contributed by atoms with Crippen LogP contribution in [0, 0.1) is 13.8 Å². The molecule has 0 heterocycles. The normalized spacial score (nSPS) is 12.4. The van der Waals surface area contributed by atoms with Crippen molar-refractivity contribution < 1.29 is 13.6 Å². The molecule has 0 N–H and O–H groups in total. The maximum absolute atomic E-state index is 12.9. The summed E-state index contributed by atoms with van der Waals surface area (Å²) in [5.41, 5.74) is 2.26. The van der Waals surface area contributed by atoms with Crippen LogP contribution in [0.15, 0.2) is 18.2 Å². The van der Waals surface area contributed by atoms with Crippen LogP contribution in [0.1, 0.15) is 38.8 Å². The second kappa shape index (κ2) is 6.01. The monoisotopic (exact) mass is 270 g/mol. The molecule has 0 fully saturated rings. The van der Waals surface area contributed by atoms with Crippen molar-refractivity contribution in [2.75, 3.05) is 0 Å². The lowest BCUT2D eigenvalue weighted by Gasteiger charge is -2.23. The Morgan fingerprint density at radius 2 is 1.44 bits per heavy atom. The summed E-state index contributed by atoms with van der Waals surface area (Å²) in [5, 5.41) is 0.632. The summed E-state index contributed by atoms with van der Waals surface area (Å²) in [6.07, 6.45) is -0.285. The standard InChI is InChI=1S/C14H23O3P/c1-10(2)16-18(15,17-11(3)4)14-8-7-12(5)13(6)9-14/h7-11H,1-6H3. The number of hydrogen-bond acceptors (Lipinski definition) is 3. The van der Waals surface area contributed by atoms with Crippen molar-refractivity contribution in [3.8, 4) is 0 Å². The second-order valence-electron chi connectivity index (χ2n) is 5.07. The molecule has 102 valence electrons. The summed E-state index contributed by atoms with van der Waals surface area (Å²) in [6.45, 7) is 11.5. The van der Waals surface area contributed by atoms with E-state index in [9.17, 15) is 4.57 Å². The van der Waals surface area contributed by atoms with E-state index in [-0.39, 0.29) is 12.2 Å². The van der Waals surface area contributed by atoms with Crippen LogP contribution in [0.25, 0.3) is 0 Å². The van der Waals surface area contributed by atoms with Crippen LogP contribution in [-0.2, 0) is 13.6 Å². The van der Waals surface area contributed by atoms with Crippen LogP contribution in [0.5, 0.6) is 0 Å². The fourth-order valence-corrected chi connectivity index (χ4v) is 3.61. The van der Waals surface area contributed by atoms with Crippen molar-refractivity contribution in [2.24, 2.45) is 0 Å². The van der Waals surface area contributed by atoms with Crippen LogP contribution in [0.3, 0.4) is 0 Å². The quantitative estimate of drug-likeness (QED) is 0.759. The number of rotatable bonds is 5. The van der Waals surface area contributed by atoms with Crippen LogP contribution < -0.4 is 5.30 Å². The van der Waals surface area contributed by atoms with Crippen LogP contribution in [-0.4, -0.2) is 12.2 Å². The molecule has 3 nitrogen and oxygen atoms in total. The summed E-state index contributed by atoms with van der Waals surface area (Å²) < 4.78 is 24.0. The summed E-state index contributed by atoms with van der Waals surface area (Å²) in [6, 6.07) is 5.67. The van der Waals surface area contributed by atoms with E-state index in [0.29, 0.717) is 5.30 Å². The van der Waals surface area contributed by atoms with E-state index in [1.807, 2.05) is 59.7 Å². The van der Waals surface area contributed by atoms with E-state index in [1.54, 1.807) is 0 Å².